The zero-order valence-corrected chi connectivity index (χ0v) is 14.4. The van der Waals surface area contributed by atoms with Gasteiger partial charge in [0, 0.05) is 15.6 Å². The molecule has 6 heteroatoms. The van der Waals surface area contributed by atoms with E-state index in [9.17, 15) is 14.4 Å². The number of amides is 1. The molecule has 0 aliphatic heterocycles. The Morgan fingerprint density at radius 2 is 1.70 bits per heavy atom. The molecule has 0 bridgehead atoms. The Labute approximate surface area is 146 Å². The van der Waals surface area contributed by atoms with Gasteiger partial charge in [0.05, 0.1) is 16.8 Å². The maximum Gasteiger partial charge on any atom is 0.239 e. The van der Waals surface area contributed by atoms with Gasteiger partial charge in [0.15, 0.2) is 11.6 Å². The lowest BCUT2D eigenvalue weighted by molar-refractivity contribution is -0.113. The summed E-state index contributed by atoms with van der Waals surface area (Å²) in [4.78, 5) is 37.4. The molecule has 2 aromatic carbocycles. The Morgan fingerprint density at radius 3 is 2.26 bits per heavy atom. The minimum atomic E-state index is -0.432. The molecule has 3 rings (SSSR count). The predicted octanol–water partition coefficient (Wildman–Crippen LogP) is 3.71. The first kappa shape index (κ1) is 15.9. The molecule has 0 atom stereocenters. The number of nitrogens with one attached hydrogen (secondary N) is 1. The lowest BCUT2D eigenvalue weighted by Crippen LogP contribution is -2.25. The molecule has 1 amide bonds. The van der Waals surface area contributed by atoms with Crippen molar-refractivity contribution in [3.63, 3.8) is 0 Å². The summed E-state index contributed by atoms with van der Waals surface area (Å²) in [6.07, 6.45) is 0. The second-order valence-corrected chi connectivity index (χ2v) is 6.31. The summed E-state index contributed by atoms with van der Waals surface area (Å²) >= 11 is 8.90. The lowest BCUT2D eigenvalue weighted by atomic mass is 9.82. The second-order valence-electron chi connectivity index (χ2n) is 5.19. The van der Waals surface area contributed by atoms with Crippen LogP contribution >= 0.6 is 27.5 Å². The molecular weight excluding hydrogens is 382 g/mol. The molecule has 1 aliphatic carbocycles. The van der Waals surface area contributed by atoms with E-state index in [-0.39, 0.29) is 28.6 Å². The Bertz CT molecular complexity index is 876. The smallest absolute Gasteiger partial charge is 0.239 e. The van der Waals surface area contributed by atoms with Crippen LogP contribution in [0.3, 0.4) is 0 Å². The minimum Gasteiger partial charge on any atom is -0.324 e. The first-order valence-corrected chi connectivity index (χ1v) is 8.15. The van der Waals surface area contributed by atoms with Gasteiger partial charge in [-0.2, -0.15) is 0 Å². The van der Waals surface area contributed by atoms with Crippen LogP contribution in [0.4, 0.5) is 5.69 Å². The van der Waals surface area contributed by atoms with Crippen molar-refractivity contribution in [2.75, 3.05) is 11.2 Å². The normalized spacial score (nSPS) is 12.7. The van der Waals surface area contributed by atoms with Crippen molar-refractivity contribution in [2.45, 2.75) is 6.92 Å². The number of carbonyl (C=O) groups is 3. The number of fused-ring (bicyclic) bond motifs is 2. The number of halogens is 2. The standard InChI is InChI=1S/C17H11BrClNO3/c1-8-6-11(18)13-14(15(8)20-12(21)7-19)17(23)10-5-3-2-4-9(10)16(13)22/h2-6H,7H2,1H3,(H,20,21). The Balaban J connectivity index is 2.31. The number of carbonyl (C=O) groups excluding carboxylic acids is 3. The summed E-state index contributed by atoms with van der Waals surface area (Å²) in [5.74, 6) is -1.20. The first-order chi connectivity index (χ1) is 11.0. The molecule has 0 unspecified atom stereocenters. The number of hydrogen-bond donors (Lipinski definition) is 1. The fourth-order valence-corrected chi connectivity index (χ4v) is 3.50. The largest absolute Gasteiger partial charge is 0.324 e. The maximum atomic E-state index is 12.9. The number of hydrogen-bond acceptors (Lipinski definition) is 3. The van der Waals surface area contributed by atoms with Crippen molar-refractivity contribution in [3.05, 3.63) is 62.6 Å². The van der Waals surface area contributed by atoms with Gasteiger partial charge in [-0.25, -0.2) is 0 Å². The van der Waals surface area contributed by atoms with Crippen molar-refractivity contribution in [2.24, 2.45) is 0 Å². The van der Waals surface area contributed by atoms with Crippen LogP contribution in [-0.4, -0.2) is 23.4 Å². The highest BCUT2D eigenvalue weighted by molar-refractivity contribution is 9.10. The van der Waals surface area contributed by atoms with Crippen LogP contribution in [0.5, 0.6) is 0 Å². The Morgan fingerprint density at radius 1 is 1.13 bits per heavy atom. The second kappa shape index (κ2) is 5.91. The van der Waals surface area contributed by atoms with Crippen LogP contribution in [0, 0.1) is 6.92 Å². The van der Waals surface area contributed by atoms with Crippen molar-refractivity contribution >= 4 is 50.7 Å². The molecule has 0 radical (unpaired) electrons. The van der Waals surface area contributed by atoms with E-state index in [1.807, 2.05) is 0 Å². The number of alkyl halides is 1. The fraction of sp³-hybridized carbons (Fsp3) is 0.118. The van der Waals surface area contributed by atoms with E-state index in [1.54, 1.807) is 37.3 Å². The van der Waals surface area contributed by atoms with Crippen molar-refractivity contribution in [1.82, 2.24) is 0 Å². The third kappa shape index (κ3) is 2.50. The number of anilines is 1. The van der Waals surface area contributed by atoms with Crippen molar-refractivity contribution < 1.29 is 14.4 Å². The van der Waals surface area contributed by atoms with Crippen molar-refractivity contribution in [3.8, 4) is 0 Å². The van der Waals surface area contributed by atoms with Crippen LogP contribution in [0.1, 0.15) is 37.4 Å². The summed E-state index contributed by atoms with van der Waals surface area (Å²) in [6.45, 7) is 1.76. The third-order valence-corrected chi connectivity index (χ3v) is 4.60. The van der Waals surface area contributed by atoms with Crippen LogP contribution in [0.25, 0.3) is 0 Å². The van der Waals surface area contributed by atoms with E-state index in [1.165, 1.54) is 0 Å². The predicted molar refractivity (Wildman–Crippen MR) is 91.5 cm³/mol. The molecule has 0 fully saturated rings. The summed E-state index contributed by atoms with van der Waals surface area (Å²) in [7, 11) is 0. The molecule has 1 N–H and O–H groups in total. The molecule has 4 nitrogen and oxygen atoms in total. The van der Waals surface area contributed by atoms with Gasteiger partial charge >= 0.3 is 0 Å². The average molecular weight is 393 g/mol. The monoisotopic (exact) mass is 391 g/mol. The number of benzene rings is 2. The van der Waals surface area contributed by atoms with Crippen LogP contribution in [0.2, 0.25) is 0 Å². The summed E-state index contributed by atoms with van der Waals surface area (Å²) in [5.41, 5.74) is 2.19. The molecule has 2 aromatic rings. The first-order valence-electron chi connectivity index (χ1n) is 6.83. The zero-order chi connectivity index (χ0) is 16.7. The molecule has 0 heterocycles. The summed E-state index contributed by atoms with van der Waals surface area (Å²) in [6, 6.07) is 8.37. The molecule has 0 aromatic heterocycles. The average Bonchev–Trinajstić information content (AvgIpc) is 2.54. The SMILES string of the molecule is Cc1cc(Br)c2c(c1NC(=O)CCl)C(=O)c1ccccc1C2=O. The van der Waals surface area contributed by atoms with E-state index in [0.29, 0.717) is 26.9 Å². The molecule has 0 saturated carbocycles. The Kier molecular flexibility index (Phi) is 4.08. The van der Waals surface area contributed by atoms with E-state index >= 15 is 0 Å². The van der Waals surface area contributed by atoms with E-state index in [0.717, 1.165) is 0 Å². The van der Waals surface area contributed by atoms with E-state index in [4.69, 9.17) is 11.6 Å². The molecule has 1 aliphatic rings. The highest BCUT2D eigenvalue weighted by Crippen LogP contribution is 2.38. The fourth-order valence-electron chi connectivity index (χ4n) is 2.71. The highest BCUT2D eigenvalue weighted by atomic mass is 79.9. The summed E-state index contributed by atoms with van der Waals surface area (Å²) in [5, 5.41) is 2.63. The molecule has 0 spiro atoms. The van der Waals surface area contributed by atoms with Crippen LogP contribution in [0.15, 0.2) is 34.8 Å². The Hall–Kier alpha value is -1.98. The zero-order valence-electron chi connectivity index (χ0n) is 12.1. The van der Waals surface area contributed by atoms with Gasteiger partial charge in [0.1, 0.15) is 5.88 Å². The molecular formula is C17H11BrClNO3. The lowest BCUT2D eigenvalue weighted by Gasteiger charge is -2.23. The number of ketones is 2. The van der Waals surface area contributed by atoms with Gasteiger partial charge in [-0.1, -0.05) is 24.3 Å². The van der Waals surface area contributed by atoms with Crippen LogP contribution < -0.4 is 5.32 Å². The highest BCUT2D eigenvalue weighted by Gasteiger charge is 2.34. The van der Waals surface area contributed by atoms with Gasteiger partial charge in [-0.15, -0.1) is 11.6 Å². The molecule has 23 heavy (non-hydrogen) atoms. The van der Waals surface area contributed by atoms with Crippen LogP contribution in [-0.2, 0) is 4.79 Å². The van der Waals surface area contributed by atoms with Gasteiger partial charge in [-0.05, 0) is 34.5 Å². The minimum absolute atomic E-state index is 0.207. The van der Waals surface area contributed by atoms with Crippen molar-refractivity contribution in [1.29, 1.82) is 0 Å². The van der Waals surface area contributed by atoms with Gasteiger partial charge in [0.2, 0.25) is 5.91 Å². The third-order valence-electron chi connectivity index (χ3n) is 3.73. The van der Waals surface area contributed by atoms with Gasteiger partial charge < -0.3 is 5.32 Å². The topological polar surface area (TPSA) is 63.2 Å². The molecule has 0 saturated heterocycles. The van der Waals surface area contributed by atoms with Gasteiger partial charge in [-0.3, -0.25) is 14.4 Å². The quantitative estimate of drug-likeness (QED) is 0.676. The van der Waals surface area contributed by atoms with E-state index in [2.05, 4.69) is 21.2 Å². The van der Waals surface area contributed by atoms with Gasteiger partial charge in [0.25, 0.3) is 0 Å². The maximum absolute atomic E-state index is 12.9. The molecule has 116 valence electrons. The van der Waals surface area contributed by atoms with E-state index < -0.39 is 5.91 Å². The number of aryl methyl sites for hydroxylation is 1. The number of rotatable bonds is 2. The summed E-state index contributed by atoms with van der Waals surface area (Å²) < 4.78 is 0.529.